The zero-order valence-electron chi connectivity index (χ0n) is 12.6. The average molecular weight is 300 g/mol. The summed E-state index contributed by atoms with van der Waals surface area (Å²) in [5.41, 5.74) is 0.215. The van der Waals surface area contributed by atoms with Crippen molar-refractivity contribution >= 4 is 0 Å². The van der Waals surface area contributed by atoms with Crippen molar-refractivity contribution in [3.05, 3.63) is 35.9 Å². The van der Waals surface area contributed by atoms with Crippen molar-refractivity contribution in [2.75, 3.05) is 26.7 Å². The predicted octanol–water partition coefficient (Wildman–Crippen LogP) is 3.61. The quantitative estimate of drug-likeness (QED) is 0.914. The van der Waals surface area contributed by atoms with Crippen LogP contribution in [0.1, 0.15) is 31.4 Å². The van der Waals surface area contributed by atoms with Crippen molar-refractivity contribution in [1.29, 1.82) is 0 Å². The van der Waals surface area contributed by atoms with Crippen LogP contribution in [-0.2, 0) is 0 Å². The number of piperidine rings is 1. The van der Waals surface area contributed by atoms with E-state index in [1.54, 1.807) is 18.2 Å². The number of hydrogen-bond acceptors (Lipinski definition) is 2. The van der Waals surface area contributed by atoms with Gasteiger partial charge in [0, 0.05) is 6.54 Å². The Morgan fingerprint density at radius 2 is 1.76 bits per heavy atom. The van der Waals surface area contributed by atoms with Crippen LogP contribution in [0.5, 0.6) is 0 Å². The van der Waals surface area contributed by atoms with Gasteiger partial charge < -0.3 is 10.2 Å². The maximum absolute atomic E-state index is 13.3. The third-order valence-corrected chi connectivity index (χ3v) is 4.39. The number of hydrogen-bond donors (Lipinski definition) is 1. The van der Waals surface area contributed by atoms with Crippen LogP contribution in [0, 0.1) is 5.41 Å². The van der Waals surface area contributed by atoms with Crippen LogP contribution in [-0.4, -0.2) is 37.8 Å². The lowest BCUT2D eigenvalue weighted by molar-refractivity contribution is -0.159. The lowest BCUT2D eigenvalue weighted by Crippen LogP contribution is -2.45. The minimum atomic E-state index is -4.27. The first-order chi connectivity index (χ1) is 9.80. The van der Waals surface area contributed by atoms with Gasteiger partial charge in [-0.2, -0.15) is 13.2 Å². The molecule has 5 heteroatoms. The van der Waals surface area contributed by atoms with Crippen LogP contribution < -0.4 is 5.32 Å². The fraction of sp³-hybridized carbons (Fsp3) is 0.625. The fourth-order valence-electron chi connectivity index (χ4n) is 2.75. The highest BCUT2D eigenvalue weighted by Crippen LogP contribution is 2.35. The Morgan fingerprint density at radius 3 is 2.29 bits per heavy atom. The van der Waals surface area contributed by atoms with E-state index in [-0.39, 0.29) is 11.0 Å². The van der Waals surface area contributed by atoms with Crippen molar-refractivity contribution in [3.8, 4) is 0 Å². The highest BCUT2D eigenvalue weighted by atomic mass is 19.4. The van der Waals surface area contributed by atoms with Gasteiger partial charge in [-0.15, -0.1) is 0 Å². The van der Waals surface area contributed by atoms with Crippen molar-refractivity contribution in [2.24, 2.45) is 5.41 Å². The maximum Gasteiger partial charge on any atom is 0.407 e. The number of rotatable bonds is 4. The maximum atomic E-state index is 13.3. The number of alkyl halides is 3. The predicted molar refractivity (Wildman–Crippen MR) is 78.1 cm³/mol. The first kappa shape index (κ1) is 16.3. The third kappa shape index (κ3) is 4.45. The molecule has 1 fully saturated rings. The lowest BCUT2D eigenvalue weighted by atomic mass is 9.80. The number of benzene rings is 1. The van der Waals surface area contributed by atoms with E-state index in [1.807, 2.05) is 0 Å². The molecule has 2 nitrogen and oxygen atoms in total. The van der Waals surface area contributed by atoms with Gasteiger partial charge in [-0.3, -0.25) is 0 Å². The van der Waals surface area contributed by atoms with Gasteiger partial charge in [-0.25, -0.2) is 0 Å². The van der Waals surface area contributed by atoms with Crippen molar-refractivity contribution < 1.29 is 13.2 Å². The molecule has 1 aromatic rings. The van der Waals surface area contributed by atoms with Crippen LogP contribution in [0.4, 0.5) is 13.2 Å². The molecule has 0 spiro atoms. The van der Waals surface area contributed by atoms with E-state index < -0.39 is 12.2 Å². The van der Waals surface area contributed by atoms with Gasteiger partial charge in [0.15, 0.2) is 0 Å². The molecule has 1 aliphatic heterocycles. The third-order valence-electron chi connectivity index (χ3n) is 4.39. The molecule has 21 heavy (non-hydrogen) atoms. The summed E-state index contributed by atoms with van der Waals surface area (Å²) in [5, 5.41) is 2.76. The minimum absolute atomic E-state index is 0.0647. The Balaban J connectivity index is 2.03. The van der Waals surface area contributed by atoms with Gasteiger partial charge >= 0.3 is 6.18 Å². The fourth-order valence-corrected chi connectivity index (χ4v) is 2.75. The SMILES string of the molecule is CN1CCC(C)(CNC(c2ccccc2)C(F)(F)F)CC1. The second-order valence-corrected chi connectivity index (χ2v) is 6.38. The zero-order valence-corrected chi connectivity index (χ0v) is 12.6. The molecule has 118 valence electrons. The molecule has 0 aromatic heterocycles. The number of nitrogens with zero attached hydrogens (tertiary/aromatic N) is 1. The largest absolute Gasteiger partial charge is 0.407 e. The van der Waals surface area contributed by atoms with Gasteiger partial charge in [0.1, 0.15) is 6.04 Å². The first-order valence-corrected chi connectivity index (χ1v) is 7.34. The van der Waals surface area contributed by atoms with E-state index in [9.17, 15) is 13.2 Å². The summed E-state index contributed by atoms with van der Waals surface area (Å²) in [7, 11) is 2.05. The summed E-state index contributed by atoms with van der Waals surface area (Å²) in [4.78, 5) is 2.22. The Hall–Kier alpha value is -1.07. The van der Waals surface area contributed by atoms with E-state index in [0.717, 1.165) is 25.9 Å². The average Bonchev–Trinajstić information content (AvgIpc) is 2.42. The normalized spacial score (nSPS) is 21.2. The van der Waals surface area contributed by atoms with Crippen molar-refractivity contribution in [1.82, 2.24) is 10.2 Å². The van der Waals surface area contributed by atoms with E-state index in [2.05, 4.69) is 24.2 Å². The minimum Gasteiger partial charge on any atom is -0.306 e. The van der Waals surface area contributed by atoms with Crippen LogP contribution in [0.3, 0.4) is 0 Å². The molecule has 1 aromatic carbocycles. The summed E-state index contributed by atoms with van der Waals surface area (Å²) in [6, 6.07) is 6.50. The zero-order chi connectivity index (χ0) is 15.5. The lowest BCUT2D eigenvalue weighted by Gasteiger charge is -2.39. The van der Waals surface area contributed by atoms with E-state index in [0.29, 0.717) is 6.54 Å². The van der Waals surface area contributed by atoms with Crippen LogP contribution in [0.15, 0.2) is 30.3 Å². The highest BCUT2D eigenvalue weighted by molar-refractivity contribution is 5.20. The Labute approximate surface area is 124 Å². The first-order valence-electron chi connectivity index (χ1n) is 7.34. The molecule has 1 aliphatic rings. The van der Waals surface area contributed by atoms with E-state index >= 15 is 0 Å². The molecular formula is C16H23F3N2. The smallest absolute Gasteiger partial charge is 0.306 e. The van der Waals surface area contributed by atoms with Crippen molar-refractivity contribution in [2.45, 2.75) is 32.0 Å². The monoisotopic (exact) mass is 300 g/mol. The van der Waals surface area contributed by atoms with Gasteiger partial charge in [-0.1, -0.05) is 37.3 Å². The molecule has 1 unspecified atom stereocenters. The summed E-state index contributed by atoms with van der Waals surface area (Å²) in [5.74, 6) is 0. The molecule has 1 heterocycles. The second kappa shape index (κ2) is 6.36. The molecule has 0 saturated carbocycles. The molecule has 1 N–H and O–H groups in total. The molecule has 0 aliphatic carbocycles. The summed E-state index contributed by atoms with van der Waals surface area (Å²) >= 11 is 0. The van der Waals surface area contributed by atoms with Crippen LogP contribution in [0.25, 0.3) is 0 Å². The molecule has 0 radical (unpaired) electrons. The second-order valence-electron chi connectivity index (χ2n) is 6.38. The Bertz CT molecular complexity index is 437. The van der Waals surface area contributed by atoms with Crippen LogP contribution in [0.2, 0.25) is 0 Å². The van der Waals surface area contributed by atoms with Gasteiger partial charge in [0.25, 0.3) is 0 Å². The standard InChI is InChI=1S/C16H23F3N2/c1-15(8-10-21(2)11-9-15)12-20-14(16(17,18)19)13-6-4-3-5-7-13/h3-7,14,20H,8-12H2,1-2H3. The Morgan fingerprint density at radius 1 is 1.19 bits per heavy atom. The molecule has 1 saturated heterocycles. The molecule has 2 rings (SSSR count). The van der Waals surface area contributed by atoms with Gasteiger partial charge in [0.05, 0.1) is 0 Å². The number of halogens is 3. The summed E-state index contributed by atoms with van der Waals surface area (Å²) in [6.07, 6.45) is -2.42. The molecule has 1 atom stereocenters. The number of likely N-dealkylation sites (tertiary alicyclic amines) is 1. The molecule has 0 amide bonds. The van der Waals surface area contributed by atoms with Gasteiger partial charge in [-0.05, 0) is 44.0 Å². The summed E-state index contributed by atoms with van der Waals surface area (Å²) in [6.45, 7) is 4.35. The number of nitrogens with one attached hydrogen (secondary N) is 1. The van der Waals surface area contributed by atoms with Crippen LogP contribution >= 0.6 is 0 Å². The topological polar surface area (TPSA) is 15.3 Å². The molecular weight excluding hydrogens is 277 g/mol. The van der Waals surface area contributed by atoms with E-state index in [1.165, 1.54) is 12.1 Å². The molecule has 0 bridgehead atoms. The van der Waals surface area contributed by atoms with Crippen molar-refractivity contribution in [3.63, 3.8) is 0 Å². The van der Waals surface area contributed by atoms with E-state index in [4.69, 9.17) is 0 Å². The van der Waals surface area contributed by atoms with Gasteiger partial charge in [0.2, 0.25) is 0 Å². The highest BCUT2D eigenvalue weighted by Gasteiger charge is 2.41. The Kier molecular flexibility index (Phi) is 4.94. The summed E-state index contributed by atoms with van der Waals surface area (Å²) < 4.78 is 39.8.